The van der Waals surface area contributed by atoms with Crippen molar-refractivity contribution in [2.24, 2.45) is 0 Å². The second-order valence-corrected chi connectivity index (χ2v) is 9.40. The van der Waals surface area contributed by atoms with Gasteiger partial charge in [0.15, 0.2) is 0 Å². The van der Waals surface area contributed by atoms with Crippen LogP contribution in [0.3, 0.4) is 0 Å². The Bertz CT molecular complexity index is 1270. The first-order chi connectivity index (χ1) is 17.5. The summed E-state index contributed by atoms with van der Waals surface area (Å²) < 4.78 is 34.1. The first-order valence-corrected chi connectivity index (χ1v) is 12.3. The molecule has 1 unspecified atom stereocenters. The van der Waals surface area contributed by atoms with Gasteiger partial charge in [0.25, 0.3) is 5.91 Å². The quantitative estimate of drug-likeness (QED) is 0.289. The molecule has 0 saturated heterocycles. The molecule has 0 spiro atoms. The smallest absolute Gasteiger partial charge is 0.303 e. The van der Waals surface area contributed by atoms with Crippen LogP contribution in [0.4, 0.5) is 8.78 Å². The Kier molecular flexibility index (Phi) is 9.52. The van der Waals surface area contributed by atoms with Gasteiger partial charge in [0.2, 0.25) is 0 Å². The Morgan fingerprint density at radius 3 is 2.62 bits per heavy atom. The largest absolute Gasteiger partial charge is 0.481 e. The molecule has 1 amide bonds. The van der Waals surface area contributed by atoms with Crippen molar-refractivity contribution in [1.29, 1.82) is 0 Å². The fourth-order valence-electron chi connectivity index (χ4n) is 3.99. The molecule has 0 fully saturated rings. The van der Waals surface area contributed by atoms with Gasteiger partial charge < -0.3 is 20.1 Å². The lowest BCUT2D eigenvalue weighted by Gasteiger charge is -2.24. The number of amides is 1. The molecule has 196 valence electrons. The van der Waals surface area contributed by atoms with Crippen molar-refractivity contribution in [2.45, 2.75) is 38.5 Å². The Morgan fingerprint density at radius 1 is 1.16 bits per heavy atom. The summed E-state index contributed by atoms with van der Waals surface area (Å²) in [6.45, 7) is 3.95. The third-order valence-corrected chi connectivity index (χ3v) is 6.32. The Morgan fingerprint density at radius 2 is 1.92 bits per heavy atom. The lowest BCUT2D eigenvalue weighted by atomic mass is 10.0. The van der Waals surface area contributed by atoms with E-state index in [1.807, 2.05) is 6.92 Å². The maximum Gasteiger partial charge on any atom is 0.303 e. The van der Waals surface area contributed by atoms with Gasteiger partial charge in [-0.2, -0.15) is 0 Å². The fraction of sp³-hybridized carbons (Fsp3) is 0.286. The van der Waals surface area contributed by atoms with E-state index in [2.05, 4.69) is 17.9 Å². The molecule has 9 heteroatoms. The van der Waals surface area contributed by atoms with E-state index in [0.717, 1.165) is 11.1 Å². The van der Waals surface area contributed by atoms with E-state index < -0.39 is 23.1 Å². The third-order valence-electron chi connectivity index (χ3n) is 5.90. The summed E-state index contributed by atoms with van der Waals surface area (Å²) in [7, 11) is 1.74. The second kappa shape index (κ2) is 12.6. The molecule has 0 aromatic heterocycles. The summed E-state index contributed by atoms with van der Waals surface area (Å²) in [6, 6.07) is 9.32. The SMILES string of the molecule is C/C1=C(\C(=O)NC(S)c2cc(F)cc(Oc3ccc(CCC(=O)O)c(C)c3)c2)N(C)C/C=C\C(F)=C/C1. The minimum Gasteiger partial charge on any atom is -0.481 e. The standard InChI is InChI=1S/C28H30F2N2O4S/c1-17-6-9-21(29)5-4-12-32(3)26(17)27(35)31-28(37)20-14-22(30)16-24(15-20)36-23-10-7-19(18(2)13-23)8-11-25(33)34/h4-5,7,9-10,13-16,28,37H,6,8,11-12H2,1-3H3,(H,31,35)(H,33,34)/b5-4-,21-9+,26-17-. The highest BCUT2D eigenvalue weighted by atomic mass is 32.1. The summed E-state index contributed by atoms with van der Waals surface area (Å²) in [4.78, 5) is 25.7. The van der Waals surface area contributed by atoms with Gasteiger partial charge in [0.1, 0.15) is 28.8 Å². The molecular formula is C28H30F2N2O4S. The molecule has 0 aliphatic carbocycles. The van der Waals surface area contributed by atoms with Crippen LogP contribution in [0.15, 0.2) is 71.7 Å². The molecule has 0 saturated carbocycles. The molecule has 2 aromatic carbocycles. The summed E-state index contributed by atoms with van der Waals surface area (Å²) in [5, 5.41) is 10.8. The van der Waals surface area contributed by atoms with Crippen molar-refractivity contribution in [3.05, 3.63) is 94.2 Å². The number of hydrogen-bond donors (Lipinski definition) is 3. The second-order valence-electron chi connectivity index (χ2n) is 8.89. The number of thiol groups is 1. The number of carboxylic acids is 1. The minimum atomic E-state index is -0.869. The van der Waals surface area contributed by atoms with E-state index in [1.165, 1.54) is 24.3 Å². The van der Waals surface area contributed by atoms with Crippen LogP contribution >= 0.6 is 12.6 Å². The highest BCUT2D eigenvalue weighted by Crippen LogP contribution is 2.29. The highest BCUT2D eigenvalue weighted by molar-refractivity contribution is 7.80. The summed E-state index contributed by atoms with van der Waals surface area (Å²) in [6.07, 6.45) is 5.11. The van der Waals surface area contributed by atoms with Gasteiger partial charge in [0.05, 0.1) is 5.37 Å². The molecule has 2 aromatic rings. The zero-order valence-electron chi connectivity index (χ0n) is 20.9. The topological polar surface area (TPSA) is 78.9 Å². The summed E-state index contributed by atoms with van der Waals surface area (Å²) in [5.74, 6) is -1.51. The number of allylic oxidation sites excluding steroid dienone is 4. The maximum atomic E-state index is 14.5. The predicted molar refractivity (Wildman–Crippen MR) is 142 cm³/mol. The monoisotopic (exact) mass is 528 g/mol. The van der Waals surface area contributed by atoms with Gasteiger partial charge in [-0.05, 0) is 85.4 Å². The van der Waals surface area contributed by atoms with E-state index in [4.69, 9.17) is 9.84 Å². The maximum absolute atomic E-state index is 14.5. The Labute approximate surface area is 220 Å². The first kappa shape index (κ1) is 28.0. The molecule has 1 heterocycles. The van der Waals surface area contributed by atoms with Crippen molar-refractivity contribution >= 4 is 24.5 Å². The van der Waals surface area contributed by atoms with Gasteiger partial charge in [-0.3, -0.25) is 9.59 Å². The van der Waals surface area contributed by atoms with Crippen LogP contribution in [0.1, 0.15) is 41.8 Å². The molecule has 1 aliphatic rings. The number of aliphatic carboxylic acids is 1. The van der Waals surface area contributed by atoms with Crippen LogP contribution in [-0.4, -0.2) is 35.5 Å². The van der Waals surface area contributed by atoms with Crippen molar-refractivity contribution in [3.8, 4) is 11.5 Å². The minimum absolute atomic E-state index is 0.0276. The number of carbonyl (C=O) groups excluding carboxylic acids is 1. The number of likely N-dealkylation sites (N-methyl/N-ethyl adjacent to an activating group) is 1. The number of nitrogens with one attached hydrogen (secondary N) is 1. The zero-order chi connectivity index (χ0) is 27.1. The number of aryl methyl sites for hydroxylation is 2. The van der Waals surface area contributed by atoms with E-state index >= 15 is 0 Å². The van der Waals surface area contributed by atoms with Gasteiger partial charge in [0, 0.05) is 26.1 Å². The molecule has 3 rings (SSSR count). The number of nitrogens with zero attached hydrogens (tertiary/aromatic N) is 1. The summed E-state index contributed by atoms with van der Waals surface area (Å²) >= 11 is 4.48. The number of rotatable bonds is 8. The van der Waals surface area contributed by atoms with Crippen LogP contribution in [-0.2, 0) is 16.0 Å². The lowest BCUT2D eigenvalue weighted by molar-refractivity contribution is -0.137. The van der Waals surface area contributed by atoms with E-state index in [-0.39, 0.29) is 24.4 Å². The molecular weight excluding hydrogens is 498 g/mol. The Hall–Kier alpha value is -3.59. The van der Waals surface area contributed by atoms with E-state index in [0.29, 0.717) is 35.5 Å². The molecule has 0 radical (unpaired) electrons. The van der Waals surface area contributed by atoms with Gasteiger partial charge in [-0.25, -0.2) is 8.78 Å². The van der Waals surface area contributed by atoms with Crippen molar-refractivity contribution in [1.82, 2.24) is 10.2 Å². The van der Waals surface area contributed by atoms with Crippen molar-refractivity contribution < 1.29 is 28.2 Å². The normalized spacial score (nSPS) is 19.1. The first-order valence-electron chi connectivity index (χ1n) is 11.7. The van der Waals surface area contributed by atoms with Crippen molar-refractivity contribution in [2.75, 3.05) is 13.6 Å². The average molecular weight is 529 g/mol. The van der Waals surface area contributed by atoms with Crippen LogP contribution < -0.4 is 10.1 Å². The number of carboxylic acid groups (broad SMARTS) is 1. The van der Waals surface area contributed by atoms with Gasteiger partial charge in [-0.15, -0.1) is 12.6 Å². The number of carbonyl (C=O) groups is 2. The third kappa shape index (κ3) is 7.95. The van der Waals surface area contributed by atoms with Crippen LogP contribution in [0.25, 0.3) is 0 Å². The molecule has 0 bridgehead atoms. The number of halogens is 2. The molecule has 6 nitrogen and oxygen atoms in total. The molecule has 2 N–H and O–H groups in total. The summed E-state index contributed by atoms with van der Waals surface area (Å²) in [5.41, 5.74) is 3.21. The number of hydrogen-bond acceptors (Lipinski definition) is 5. The lowest BCUT2D eigenvalue weighted by Crippen LogP contribution is -2.35. The molecule has 1 aliphatic heterocycles. The van der Waals surface area contributed by atoms with E-state index in [9.17, 15) is 18.4 Å². The van der Waals surface area contributed by atoms with Gasteiger partial charge >= 0.3 is 5.97 Å². The predicted octanol–water partition coefficient (Wildman–Crippen LogP) is 6.01. The van der Waals surface area contributed by atoms with Crippen LogP contribution in [0, 0.1) is 12.7 Å². The van der Waals surface area contributed by atoms with Gasteiger partial charge in [-0.1, -0.05) is 12.1 Å². The van der Waals surface area contributed by atoms with Crippen LogP contribution in [0.2, 0.25) is 0 Å². The zero-order valence-corrected chi connectivity index (χ0v) is 21.8. The number of benzene rings is 2. The van der Waals surface area contributed by atoms with Crippen molar-refractivity contribution in [3.63, 3.8) is 0 Å². The molecule has 37 heavy (non-hydrogen) atoms. The Balaban J connectivity index is 1.76. The number of ether oxygens (including phenoxy) is 1. The highest BCUT2D eigenvalue weighted by Gasteiger charge is 2.21. The van der Waals surface area contributed by atoms with E-state index in [1.54, 1.807) is 49.2 Å². The van der Waals surface area contributed by atoms with Crippen LogP contribution in [0.5, 0.6) is 11.5 Å². The average Bonchev–Trinajstić information content (AvgIpc) is 2.87. The molecule has 1 atom stereocenters. The fourth-order valence-corrected chi connectivity index (χ4v) is 4.26.